The first kappa shape index (κ1) is 40.0. The second-order valence-electron chi connectivity index (χ2n) is 18.2. The maximum atomic E-state index is 2.43. The minimum Gasteiger partial charge on any atom is -0.310 e. The zero-order valence-corrected chi connectivity index (χ0v) is 38.6. The van der Waals surface area contributed by atoms with Gasteiger partial charge in [-0.3, -0.25) is 0 Å². The monoisotopic (exact) mass is 863 g/mol. The minimum atomic E-state index is -0.0991. The number of allylic oxidation sites excluding steroid dienone is 4. The number of fused-ring (bicyclic) bond motifs is 10. The summed E-state index contributed by atoms with van der Waals surface area (Å²) in [5.74, 6) is 0. The summed E-state index contributed by atoms with van der Waals surface area (Å²) in [7, 11) is 0. The molecule has 0 saturated carbocycles. The summed E-state index contributed by atoms with van der Waals surface area (Å²) in [6.07, 6.45) is 5.72. The van der Waals surface area contributed by atoms with Crippen molar-refractivity contribution in [3.63, 3.8) is 0 Å². The Morgan fingerprint density at radius 2 is 0.970 bits per heavy atom. The van der Waals surface area contributed by atoms with E-state index in [1.165, 1.54) is 108 Å². The zero-order chi connectivity index (χ0) is 44.5. The number of nitrogens with zero attached hydrogens (tertiary/aromatic N) is 1. The molecule has 0 fully saturated rings. The molecule has 0 aliphatic heterocycles. The van der Waals surface area contributed by atoms with Crippen LogP contribution in [0.3, 0.4) is 0 Å². The van der Waals surface area contributed by atoms with E-state index < -0.39 is 0 Å². The molecule has 0 spiro atoms. The Labute approximate surface area is 391 Å². The quantitative estimate of drug-likeness (QED) is 0.144. The van der Waals surface area contributed by atoms with Gasteiger partial charge in [-0.1, -0.05) is 179 Å². The Morgan fingerprint density at radius 3 is 1.64 bits per heavy atom. The Kier molecular flexibility index (Phi) is 9.63. The van der Waals surface area contributed by atoms with Crippen LogP contribution in [0.4, 0.5) is 17.1 Å². The van der Waals surface area contributed by atoms with E-state index >= 15 is 0 Å². The van der Waals surface area contributed by atoms with Gasteiger partial charge in [-0.25, -0.2) is 0 Å². The highest BCUT2D eigenvalue weighted by atomic mass is 32.1. The highest BCUT2D eigenvalue weighted by molar-refractivity contribution is 7.26. The van der Waals surface area contributed by atoms with Gasteiger partial charge < -0.3 is 4.90 Å². The predicted molar refractivity (Wildman–Crippen MR) is 288 cm³/mol. The molecule has 10 aromatic carbocycles. The SMILES string of the molecule is C/C=C1\C(=C/CC)C(C)(C)c2cc(N(c3ccc(-c4ccccc4)cc3)c3ccc(-c4ccc5c6ccc(-c7cccc8c7sc7ccccc78)cc6c6ccccc6c5c4)cc3)ccc21. The maximum absolute atomic E-state index is 2.43. The molecule has 0 N–H and O–H groups in total. The van der Waals surface area contributed by atoms with E-state index in [9.17, 15) is 0 Å². The van der Waals surface area contributed by atoms with E-state index in [0.29, 0.717) is 0 Å². The van der Waals surface area contributed by atoms with Gasteiger partial charge in [-0.15, -0.1) is 11.3 Å². The second-order valence-corrected chi connectivity index (χ2v) is 19.3. The average Bonchev–Trinajstić information content (AvgIpc) is 3.85. The highest BCUT2D eigenvalue weighted by Gasteiger charge is 2.38. The summed E-state index contributed by atoms with van der Waals surface area (Å²) in [4.78, 5) is 2.42. The third kappa shape index (κ3) is 6.43. The van der Waals surface area contributed by atoms with Crippen molar-refractivity contribution in [1.29, 1.82) is 0 Å². The molecule has 0 radical (unpaired) electrons. The van der Waals surface area contributed by atoms with Crippen molar-refractivity contribution < 1.29 is 0 Å². The molecule has 1 aromatic heterocycles. The summed E-state index contributed by atoms with van der Waals surface area (Å²) in [5, 5.41) is 10.3. The molecular formula is C64H49NS. The molecule has 0 atom stereocenters. The fraction of sp³-hybridized carbons (Fsp3) is 0.0938. The summed E-state index contributed by atoms with van der Waals surface area (Å²) >= 11 is 1.89. The molecule has 12 rings (SSSR count). The molecule has 0 saturated heterocycles. The van der Waals surface area contributed by atoms with Crippen molar-refractivity contribution in [2.45, 2.75) is 39.5 Å². The Hall–Kier alpha value is -7.52. The molecule has 1 aliphatic rings. The van der Waals surface area contributed by atoms with Gasteiger partial charge in [0, 0.05) is 42.6 Å². The Morgan fingerprint density at radius 1 is 0.439 bits per heavy atom. The molecular weight excluding hydrogens is 815 g/mol. The third-order valence-electron chi connectivity index (χ3n) is 14.1. The molecule has 0 amide bonds. The first-order valence-corrected chi connectivity index (χ1v) is 24.1. The lowest BCUT2D eigenvalue weighted by Crippen LogP contribution is -2.16. The maximum Gasteiger partial charge on any atom is 0.0465 e. The number of benzene rings is 10. The van der Waals surface area contributed by atoms with E-state index in [4.69, 9.17) is 0 Å². The molecule has 316 valence electrons. The van der Waals surface area contributed by atoms with Crippen LogP contribution in [-0.2, 0) is 5.41 Å². The number of anilines is 3. The molecule has 0 unspecified atom stereocenters. The summed E-state index contributed by atoms with van der Waals surface area (Å²) < 4.78 is 2.68. The average molecular weight is 864 g/mol. The van der Waals surface area contributed by atoms with Gasteiger partial charge >= 0.3 is 0 Å². The van der Waals surface area contributed by atoms with Crippen molar-refractivity contribution >= 4 is 86.5 Å². The van der Waals surface area contributed by atoms with Crippen LogP contribution < -0.4 is 4.90 Å². The van der Waals surface area contributed by atoms with Crippen LogP contribution in [0, 0.1) is 0 Å². The predicted octanol–water partition coefficient (Wildman–Crippen LogP) is 19.0. The summed E-state index contributed by atoms with van der Waals surface area (Å²) in [6, 6.07) is 74.5. The fourth-order valence-electron chi connectivity index (χ4n) is 10.9. The molecule has 0 bridgehead atoms. The van der Waals surface area contributed by atoms with E-state index in [2.05, 4.69) is 245 Å². The number of hydrogen-bond acceptors (Lipinski definition) is 2. The minimum absolute atomic E-state index is 0.0991. The summed E-state index contributed by atoms with van der Waals surface area (Å²) in [5.41, 5.74) is 16.2. The molecule has 1 aliphatic carbocycles. The molecule has 11 aromatic rings. The molecule has 1 heterocycles. The molecule has 2 heteroatoms. The lowest BCUT2D eigenvalue weighted by molar-refractivity contribution is 0.657. The highest BCUT2D eigenvalue weighted by Crippen LogP contribution is 2.52. The van der Waals surface area contributed by atoms with Gasteiger partial charge in [0.25, 0.3) is 0 Å². The van der Waals surface area contributed by atoms with Crippen molar-refractivity contribution in [2.24, 2.45) is 0 Å². The lowest BCUT2D eigenvalue weighted by Gasteiger charge is -2.28. The molecule has 66 heavy (non-hydrogen) atoms. The smallest absolute Gasteiger partial charge is 0.0465 e. The van der Waals surface area contributed by atoms with Gasteiger partial charge in [0.2, 0.25) is 0 Å². The van der Waals surface area contributed by atoms with Crippen LogP contribution in [-0.4, -0.2) is 0 Å². The Balaban J connectivity index is 0.947. The van der Waals surface area contributed by atoms with Crippen molar-refractivity contribution in [3.05, 3.63) is 229 Å². The van der Waals surface area contributed by atoms with Crippen molar-refractivity contribution in [3.8, 4) is 33.4 Å². The van der Waals surface area contributed by atoms with Crippen LogP contribution in [0.25, 0.3) is 91.4 Å². The van der Waals surface area contributed by atoms with Crippen molar-refractivity contribution in [2.75, 3.05) is 4.90 Å². The zero-order valence-electron chi connectivity index (χ0n) is 37.8. The summed E-state index contributed by atoms with van der Waals surface area (Å²) in [6.45, 7) is 9.16. The normalized spacial score (nSPS) is 14.6. The van der Waals surface area contributed by atoms with Gasteiger partial charge in [-0.05, 0) is 156 Å². The van der Waals surface area contributed by atoms with Crippen molar-refractivity contribution in [1.82, 2.24) is 0 Å². The topological polar surface area (TPSA) is 3.24 Å². The third-order valence-corrected chi connectivity index (χ3v) is 15.3. The van der Waals surface area contributed by atoms with E-state index in [1.807, 2.05) is 11.3 Å². The number of hydrogen-bond donors (Lipinski definition) is 0. The van der Waals surface area contributed by atoms with Crippen LogP contribution in [0.15, 0.2) is 218 Å². The second kappa shape index (κ2) is 15.9. The largest absolute Gasteiger partial charge is 0.310 e. The number of thiophene rings is 1. The van der Waals surface area contributed by atoms with Gasteiger partial charge in [-0.2, -0.15) is 0 Å². The number of rotatable bonds is 7. The van der Waals surface area contributed by atoms with Crippen LogP contribution >= 0.6 is 11.3 Å². The van der Waals surface area contributed by atoms with E-state index in [1.54, 1.807) is 0 Å². The fourth-order valence-corrected chi connectivity index (χ4v) is 12.1. The van der Waals surface area contributed by atoms with E-state index in [0.717, 1.165) is 23.5 Å². The lowest BCUT2D eigenvalue weighted by atomic mass is 9.81. The standard InChI is InChI=1S/C64H49NS/c1-5-15-60-49(6-2)55-37-34-48(40-61(55)64(60,3)4)65(46-30-24-42(25-31-46)41-16-8-7-9-17-41)47-32-26-43(27-33-47)44-28-35-53-54-36-29-45(39-59(54)52-19-11-10-18-51(52)58(53)38-44)50-21-14-22-57-56-20-12-13-23-62(56)66-63(50)57/h6-40H,5H2,1-4H3/b49-6-,60-15+. The van der Waals surface area contributed by atoms with Crippen LogP contribution in [0.5, 0.6) is 0 Å². The Bertz CT molecular complexity index is 3730. The molecule has 1 nitrogen and oxygen atoms in total. The van der Waals surface area contributed by atoms with Gasteiger partial charge in [0.1, 0.15) is 0 Å². The van der Waals surface area contributed by atoms with Gasteiger partial charge in [0.15, 0.2) is 0 Å². The van der Waals surface area contributed by atoms with Crippen LogP contribution in [0.1, 0.15) is 45.2 Å². The van der Waals surface area contributed by atoms with E-state index in [-0.39, 0.29) is 5.41 Å². The first-order chi connectivity index (χ1) is 32.4. The van der Waals surface area contributed by atoms with Gasteiger partial charge in [0.05, 0.1) is 0 Å². The van der Waals surface area contributed by atoms with Crippen LogP contribution in [0.2, 0.25) is 0 Å². The first-order valence-electron chi connectivity index (χ1n) is 23.3.